The molecule has 1 amide bonds. The smallest absolute Gasteiger partial charge is 0.410 e. The summed E-state index contributed by atoms with van der Waals surface area (Å²) in [6.45, 7) is -0.857. The zero-order valence-corrected chi connectivity index (χ0v) is 17.7. The molecule has 2 rings (SSSR count). The number of methoxy groups -OCH3 is 1. The molecule has 1 heterocycles. The summed E-state index contributed by atoms with van der Waals surface area (Å²) in [5, 5.41) is 13.2. The van der Waals surface area contributed by atoms with E-state index in [-0.39, 0.29) is 25.3 Å². The van der Waals surface area contributed by atoms with E-state index in [1.807, 2.05) is 0 Å². The van der Waals surface area contributed by atoms with Gasteiger partial charge in [-0.15, -0.1) is 0 Å². The number of carbonyl (C=O) groups is 2. The van der Waals surface area contributed by atoms with Gasteiger partial charge in [-0.2, -0.15) is 0 Å². The average molecular weight is 466 g/mol. The van der Waals surface area contributed by atoms with Crippen molar-refractivity contribution in [3.05, 3.63) is 39.8 Å². The summed E-state index contributed by atoms with van der Waals surface area (Å²) in [7, 11) is 1.45. The molecule has 0 aliphatic carbocycles. The predicted molar refractivity (Wildman–Crippen MR) is 107 cm³/mol. The third kappa shape index (κ3) is 6.29. The summed E-state index contributed by atoms with van der Waals surface area (Å²) in [5.74, 6) is -0.237. The second-order valence-corrected chi connectivity index (χ2v) is 8.87. The lowest BCUT2D eigenvalue weighted by Crippen LogP contribution is -2.32. The van der Waals surface area contributed by atoms with Gasteiger partial charge >= 0.3 is 6.09 Å². The zero-order valence-electron chi connectivity index (χ0n) is 15.4. The number of nitrogens with zero attached hydrogens (tertiary/aromatic N) is 4. The van der Waals surface area contributed by atoms with E-state index in [0.717, 1.165) is 0 Å². The highest BCUT2D eigenvalue weighted by atomic mass is 35.6. The standard InChI is InChI=1S/C17H19Cl3N4O5/c1-28-14-4-2-3-10(15(14)12(8-25)22-23-21)5-11-6-24(7-13(11)26)16(27)29-9-17(18,19)20/h2-4,11-12,25H,5-9H2,1H3/t11-,12-/m1/s1. The Bertz CT molecular complexity index is 811. The fourth-order valence-corrected chi connectivity index (χ4v) is 3.30. The Morgan fingerprint density at radius 1 is 1.48 bits per heavy atom. The van der Waals surface area contributed by atoms with Crippen molar-refractivity contribution in [1.29, 1.82) is 0 Å². The highest BCUT2D eigenvalue weighted by Gasteiger charge is 2.36. The van der Waals surface area contributed by atoms with Crippen LogP contribution in [0.4, 0.5) is 4.79 Å². The molecule has 1 fully saturated rings. The van der Waals surface area contributed by atoms with Crippen LogP contribution in [0.15, 0.2) is 23.3 Å². The molecule has 0 bridgehead atoms. The van der Waals surface area contributed by atoms with Gasteiger partial charge in [0, 0.05) is 22.9 Å². The number of aliphatic hydroxyl groups excluding tert-OH is 1. The maximum absolute atomic E-state index is 12.4. The lowest BCUT2D eigenvalue weighted by atomic mass is 9.91. The third-order valence-corrected chi connectivity index (χ3v) is 4.73. The molecule has 1 N–H and O–H groups in total. The first-order valence-electron chi connectivity index (χ1n) is 8.52. The largest absolute Gasteiger partial charge is 0.496 e. The van der Waals surface area contributed by atoms with Crippen molar-refractivity contribution in [2.45, 2.75) is 16.3 Å². The Morgan fingerprint density at radius 3 is 2.79 bits per heavy atom. The van der Waals surface area contributed by atoms with Gasteiger partial charge in [-0.3, -0.25) is 4.79 Å². The fourth-order valence-electron chi connectivity index (χ4n) is 3.14. The number of ether oxygens (including phenoxy) is 2. The first kappa shape index (κ1) is 23.4. The van der Waals surface area contributed by atoms with Gasteiger partial charge in [0.25, 0.3) is 0 Å². The van der Waals surface area contributed by atoms with E-state index < -0.39 is 35.1 Å². The van der Waals surface area contributed by atoms with Crippen molar-refractivity contribution < 1.29 is 24.2 Å². The molecule has 1 aromatic carbocycles. The molecule has 29 heavy (non-hydrogen) atoms. The van der Waals surface area contributed by atoms with Crippen LogP contribution in [0.3, 0.4) is 0 Å². The summed E-state index contributed by atoms with van der Waals surface area (Å²) >= 11 is 16.7. The number of azide groups is 1. The molecule has 0 unspecified atom stereocenters. The third-order valence-electron chi connectivity index (χ3n) is 4.40. The van der Waals surface area contributed by atoms with Gasteiger partial charge in [0.15, 0.2) is 5.78 Å². The minimum atomic E-state index is -1.74. The average Bonchev–Trinajstić information content (AvgIpc) is 3.04. The van der Waals surface area contributed by atoms with Crippen LogP contribution in [0.5, 0.6) is 5.75 Å². The lowest BCUT2D eigenvalue weighted by Gasteiger charge is -2.20. The summed E-state index contributed by atoms with van der Waals surface area (Å²) in [4.78, 5) is 28.5. The highest BCUT2D eigenvalue weighted by Crippen LogP contribution is 2.33. The molecule has 2 atom stereocenters. The molecule has 0 aromatic heterocycles. The van der Waals surface area contributed by atoms with Crippen LogP contribution in [0.1, 0.15) is 17.2 Å². The molecular formula is C17H19Cl3N4O5. The van der Waals surface area contributed by atoms with Crippen molar-refractivity contribution in [1.82, 2.24) is 4.90 Å². The Morgan fingerprint density at radius 2 is 2.21 bits per heavy atom. The van der Waals surface area contributed by atoms with Crippen LogP contribution < -0.4 is 4.74 Å². The number of Topliss-reactive ketones (excluding diaryl/α,β-unsaturated/α-hetero) is 1. The first-order valence-corrected chi connectivity index (χ1v) is 9.65. The van der Waals surface area contributed by atoms with Gasteiger partial charge in [-0.1, -0.05) is 52.0 Å². The molecule has 1 aromatic rings. The second-order valence-electron chi connectivity index (χ2n) is 6.35. The number of rotatable bonds is 7. The van der Waals surface area contributed by atoms with E-state index >= 15 is 0 Å². The molecule has 1 aliphatic heterocycles. The molecule has 9 nitrogen and oxygen atoms in total. The molecular weight excluding hydrogens is 447 g/mol. The molecule has 0 radical (unpaired) electrons. The van der Waals surface area contributed by atoms with Crippen molar-refractivity contribution in [3.8, 4) is 5.75 Å². The highest BCUT2D eigenvalue weighted by molar-refractivity contribution is 6.67. The van der Waals surface area contributed by atoms with E-state index in [1.54, 1.807) is 18.2 Å². The first-order chi connectivity index (χ1) is 13.7. The molecule has 0 saturated carbocycles. The number of aliphatic hydroxyl groups is 1. The number of benzene rings is 1. The van der Waals surface area contributed by atoms with Crippen molar-refractivity contribution in [2.24, 2.45) is 11.0 Å². The number of halogens is 3. The normalized spacial score (nSPS) is 17.6. The maximum atomic E-state index is 12.4. The van der Waals surface area contributed by atoms with E-state index in [4.69, 9.17) is 49.8 Å². The van der Waals surface area contributed by atoms with Gasteiger partial charge in [0.1, 0.15) is 12.4 Å². The topological polar surface area (TPSA) is 125 Å². The number of likely N-dealkylation sites (tertiary alicyclic amines) is 1. The van der Waals surface area contributed by atoms with Gasteiger partial charge in [0.2, 0.25) is 3.79 Å². The van der Waals surface area contributed by atoms with Crippen LogP contribution in [0.2, 0.25) is 0 Å². The predicted octanol–water partition coefficient (Wildman–Crippen LogP) is 3.59. The van der Waals surface area contributed by atoms with E-state index in [1.165, 1.54) is 12.0 Å². The van der Waals surface area contributed by atoms with E-state index in [0.29, 0.717) is 16.9 Å². The number of carbonyl (C=O) groups excluding carboxylic acids is 2. The van der Waals surface area contributed by atoms with E-state index in [9.17, 15) is 14.7 Å². The van der Waals surface area contributed by atoms with Crippen LogP contribution in [-0.4, -0.2) is 59.1 Å². The van der Waals surface area contributed by atoms with Crippen LogP contribution in [0, 0.1) is 5.92 Å². The minimum absolute atomic E-state index is 0.123. The number of hydrogen-bond donors (Lipinski definition) is 1. The van der Waals surface area contributed by atoms with Gasteiger partial charge in [-0.05, 0) is 23.6 Å². The molecule has 0 spiro atoms. The van der Waals surface area contributed by atoms with Crippen molar-refractivity contribution >= 4 is 46.7 Å². The summed E-state index contributed by atoms with van der Waals surface area (Å²) in [6.07, 6.45) is -0.489. The van der Waals surface area contributed by atoms with E-state index in [2.05, 4.69) is 10.0 Å². The minimum Gasteiger partial charge on any atom is -0.496 e. The number of ketones is 1. The van der Waals surface area contributed by atoms with Gasteiger partial charge in [-0.25, -0.2) is 4.79 Å². The molecule has 12 heteroatoms. The summed E-state index contributed by atoms with van der Waals surface area (Å²) in [5.41, 5.74) is 9.95. The SMILES string of the molecule is COc1cccc(C[C@@H]2CN(C(=O)OCC(Cl)(Cl)Cl)CC2=O)c1[C@@H](CO)N=[N+]=[N-]. The number of hydrogen-bond acceptors (Lipinski definition) is 6. The summed E-state index contributed by atoms with van der Waals surface area (Å²) in [6, 6.07) is 4.29. The molecule has 158 valence electrons. The maximum Gasteiger partial charge on any atom is 0.410 e. The van der Waals surface area contributed by atoms with Crippen molar-refractivity contribution in [2.75, 3.05) is 33.4 Å². The summed E-state index contributed by atoms with van der Waals surface area (Å²) < 4.78 is 8.50. The zero-order chi connectivity index (χ0) is 21.6. The van der Waals surface area contributed by atoms with Crippen LogP contribution in [-0.2, 0) is 16.0 Å². The molecule has 1 saturated heterocycles. The van der Waals surface area contributed by atoms with Gasteiger partial charge < -0.3 is 19.5 Å². The monoisotopic (exact) mass is 464 g/mol. The fraction of sp³-hybridized carbons (Fsp3) is 0.529. The lowest BCUT2D eigenvalue weighted by molar-refractivity contribution is -0.119. The Balaban J connectivity index is 2.18. The van der Waals surface area contributed by atoms with Crippen molar-refractivity contribution in [3.63, 3.8) is 0 Å². The Labute approximate surface area is 182 Å². The van der Waals surface area contributed by atoms with Crippen LogP contribution in [0.25, 0.3) is 10.4 Å². The number of alkyl halides is 3. The van der Waals surface area contributed by atoms with Gasteiger partial charge in [0.05, 0.1) is 26.3 Å². The Hall–Kier alpha value is -1.90. The Kier molecular flexibility index (Phi) is 8.24. The second kappa shape index (κ2) is 10.2. The van der Waals surface area contributed by atoms with Crippen LogP contribution >= 0.6 is 34.8 Å². The quantitative estimate of drug-likeness (QED) is 0.285. The molecule has 1 aliphatic rings. The number of amides is 1.